The third-order valence-corrected chi connectivity index (χ3v) is 5.74. The first kappa shape index (κ1) is 18.2. The molecule has 1 amide bonds. The molecule has 0 saturated carbocycles. The fourth-order valence-electron chi connectivity index (χ4n) is 3.10. The maximum absolute atomic E-state index is 12.4. The van der Waals surface area contributed by atoms with Crippen molar-refractivity contribution in [3.8, 4) is 0 Å². The second-order valence-electron chi connectivity index (χ2n) is 5.86. The normalized spacial score (nSPS) is 20.2. The Morgan fingerprint density at radius 1 is 1.43 bits per heavy atom. The van der Waals surface area contributed by atoms with Crippen molar-refractivity contribution >= 4 is 34.0 Å². The lowest BCUT2D eigenvalue weighted by Crippen LogP contribution is -2.37. The number of hydrogen-bond acceptors (Lipinski definition) is 4. The number of nitrogens with one attached hydrogen (secondary N) is 2. The Labute approximate surface area is 143 Å². The van der Waals surface area contributed by atoms with Crippen LogP contribution in [-0.2, 0) is 21.2 Å². The minimum absolute atomic E-state index is 0. The number of rotatable bonds is 4. The van der Waals surface area contributed by atoms with E-state index in [0.29, 0.717) is 19.5 Å². The number of halogens is 1. The number of fused-ring (bicyclic) bond motifs is 1. The Bertz CT molecular complexity index is 687. The monoisotopic (exact) mass is 359 g/mol. The van der Waals surface area contributed by atoms with E-state index in [9.17, 15) is 13.2 Å². The summed E-state index contributed by atoms with van der Waals surface area (Å²) < 4.78 is 27.4. The third kappa shape index (κ3) is 3.85. The molecule has 1 fully saturated rings. The van der Waals surface area contributed by atoms with Crippen LogP contribution in [0, 0.1) is 0 Å². The van der Waals surface area contributed by atoms with Crippen LogP contribution < -0.4 is 14.9 Å². The van der Waals surface area contributed by atoms with Gasteiger partial charge in [0.25, 0.3) is 0 Å². The zero-order valence-corrected chi connectivity index (χ0v) is 14.7. The van der Waals surface area contributed by atoms with Crippen LogP contribution in [0.5, 0.6) is 0 Å². The molecule has 0 spiro atoms. The summed E-state index contributed by atoms with van der Waals surface area (Å²) in [6, 6.07) is 5.21. The molecule has 1 aromatic carbocycles. The van der Waals surface area contributed by atoms with Crippen molar-refractivity contribution in [1.82, 2.24) is 10.0 Å². The molecule has 1 saturated heterocycles. The second kappa shape index (κ2) is 7.17. The minimum Gasteiger partial charge on any atom is -0.313 e. The van der Waals surface area contributed by atoms with E-state index in [4.69, 9.17) is 0 Å². The van der Waals surface area contributed by atoms with E-state index < -0.39 is 10.0 Å². The van der Waals surface area contributed by atoms with Gasteiger partial charge in [0.15, 0.2) is 0 Å². The van der Waals surface area contributed by atoms with Crippen LogP contribution in [0.2, 0.25) is 0 Å². The number of nitrogens with zero attached hydrogens (tertiary/aromatic N) is 1. The molecule has 0 aromatic heterocycles. The van der Waals surface area contributed by atoms with Gasteiger partial charge in [-0.1, -0.05) is 0 Å². The Morgan fingerprint density at radius 2 is 2.22 bits per heavy atom. The summed E-state index contributed by atoms with van der Waals surface area (Å²) >= 11 is 0. The van der Waals surface area contributed by atoms with E-state index in [-0.39, 0.29) is 29.3 Å². The molecular formula is C15H22ClN3O3S. The van der Waals surface area contributed by atoms with Gasteiger partial charge in [-0.05, 0) is 49.6 Å². The Kier molecular flexibility index (Phi) is 5.67. The third-order valence-electron chi connectivity index (χ3n) is 4.32. The van der Waals surface area contributed by atoms with Gasteiger partial charge in [-0.25, -0.2) is 13.1 Å². The topological polar surface area (TPSA) is 78.5 Å². The predicted molar refractivity (Wildman–Crippen MR) is 91.6 cm³/mol. The van der Waals surface area contributed by atoms with Gasteiger partial charge < -0.3 is 10.2 Å². The number of amides is 1. The maximum Gasteiger partial charge on any atom is 0.240 e. The summed E-state index contributed by atoms with van der Waals surface area (Å²) in [6.45, 7) is 3.51. The van der Waals surface area contributed by atoms with Crippen LogP contribution in [0.4, 0.5) is 5.69 Å². The Morgan fingerprint density at radius 3 is 2.87 bits per heavy atom. The Balaban J connectivity index is 0.00000192. The molecule has 0 radical (unpaired) electrons. The Hall–Kier alpha value is -1.15. The fraction of sp³-hybridized carbons (Fsp3) is 0.533. The lowest BCUT2D eigenvalue weighted by molar-refractivity contribution is -0.116. The van der Waals surface area contributed by atoms with E-state index in [2.05, 4.69) is 10.0 Å². The van der Waals surface area contributed by atoms with Gasteiger partial charge in [0.2, 0.25) is 15.9 Å². The van der Waals surface area contributed by atoms with Crippen molar-refractivity contribution in [1.29, 1.82) is 0 Å². The first-order valence-corrected chi connectivity index (χ1v) is 9.10. The summed E-state index contributed by atoms with van der Waals surface area (Å²) in [7, 11) is -3.50. The highest BCUT2D eigenvalue weighted by atomic mass is 35.5. The quantitative estimate of drug-likeness (QED) is 0.842. The van der Waals surface area contributed by atoms with Gasteiger partial charge >= 0.3 is 0 Å². The van der Waals surface area contributed by atoms with E-state index in [1.807, 2.05) is 0 Å². The molecule has 2 heterocycles. The summed E-state index contributed by atoms with van der Waals surface area (Å²) in [5.74, 6) is -0.0141. The molecule has 0 bridgehead atoms. The van der Waals surface area contributed by atoms with Crippen molar-refractivity contribution in [2.45, 2.75) is 37.1 Å². The van der Waals surface area contributed by atoms with E-state index in [1.54, 1.807) is 23.1 Å². The molecule has 3 rings (SSSR count). The molecule has 6 nitrogen and oxygen atoms in total. The van der Waals surface area contributed by atoms with E-state index in [0.717, 1.165) is 30.6 Å². The fourth-order valence-corrected chi connectivity index (χ4v) is 4.23. The van der Waals surface area contributed by atoms with Crippen molar-refractivity contribution in [3.05, 3.63) is 23.8 Å². The molecule has 2 aliphatic heterocycles. The number of carbonyl (C=O) groups is 1. The number of sulfonamides is 1. The highest BCUT2D eigenvalue weighted by Crippen LogP contribution is 2.30. The van der Waals surface area contributed by atoms with Gasteiger partial charge in [0, 0.05) is 31.7 Å². The number of hydrogen-bond donors (Lipinski definition) is 2. The van der Waals surface area contributed by atoms with E-state index >= 15 is 0 Å². The first-order valence-electron chi connectivity index (χ1n) is 7.61. The summed E-state index contributed by atoms with van der Waals surface area (Å²) in [6.07, 6.45) is 2.79. The van der Waals surface area contributed by atoms with Crippen molar-refractivity contribution in [2.24, 2.45) is 0 Å². The van der Waals surface area contributed by atoms with Crippen molar-refractivity contribution in [2.75, 3.05) is 24.5 Å². The number of carbonyl (C=O) groups excluding carboxylic acids is 1. The lowest BCUT2D eigenvalue weighted by atomic mass is 10.2. The summed E-state index contributed by atoms with van der Waals surface area (Å²) in [4.78, 5) is 13.5. The van der Waals surface area contributed by atoms with Gasteiger partial charge in [-0.3, -0.25) is 4.79 Å². The first-order chi connectivity index (χ1) is 10.5. The molecule has 1 unspecified atom stereocenters. The molecule has 23 heavy (non-hydrogen) atoms. The summed E-state index contributed by atoms with van der Waals surface area (Å²) in [5.41, 5.74) is 1.74. The van der Waals surface area contributed by atoms with Gasteiger partial charge in [-0.15, -0.1) is 12.4 Å². The standard InChI is InChI=1S/C15H21N3O3S.ClH/c1-11(19)18-8-6-12-9-14(4-5-15(12)18)22(20,21)17-10-13-3-2-7-16-13;/h4-5,9,13,16-17H,2-3,6-8,10H2,1H3;1H. The van der Waals surface area contributed by atoms with Crippen LogP contribution in [-0.4, -0.2) is 40.0 Å². The molecule has 128 valence electrons. The highest BCUT2D eigenvalue weighted by Gasteiger charge is 2.25. The number of benzene rings is 1. The molecule has 2 aliphatic rings. The van der Waals surface area contributed by atoms with Crippen LogP contribution in [0.1, 0.15) is 25.3 Å². The lowest BCUT2D eigenvalue weighted by Gasteiger charge is -2.15. The van der Waals surface area contributed by atoms with E-state index in [1.165, 1.54) is 6.92 Å². The van der Waals surface area contributed by atoms with Gasteiger partial charge in [0.05, 0.1) is 4.90 Å². The largest absolute Gasteiger partial charge is 0.313 e. The average Bonchev–Trinajstić information content (AvgIpc) is 3.13. The van der Waals surface area contributed by atoms with Crippen LogP contribution in [0.3, 0.4) is 0 Å². The average molecular weight is 360 g/mol. The van der Waals surface area contributed by atoms with Gasteiger partial charge in [0.1, 0.15) is 0 Å². The molecule has 2 N–H and O–H groups in total. The number of anilines is 1. The van der Waals surface area contributed by atoms with Crippen LogP contribution in [0.15, 0.2) is 23.1 Å². The van der Waals surface area contributed by atoms with Crippen molar-refractivity contribution < 1.29 is 13.2 Å². The zero-order valence-electron chi connectivity index (χ0n) is 13.0. The van der Waals surface area contributed by atoms with Crippen molar-refractivity contribution in [3.63, 3.8) is 0 Å². The highest BCUT2D eigenvalue weighted by molar-refractivity contribution is 7.89. The molecule has 1 atom stereocenters. The summed E-state index contributed by atoms with van der Waals surface area (Å²) in [5, 5.41) is 3.27. The molecule has 0 aliphatic carbocycles. The SMILES string of the molecule is CC(=O)N1CCc2cc(S(=O)(=O)NCC3CCCN3)ccc21.Cl. The predicted octanol–water partition coefficient (Wildman–Crippen LogP) is 1.05. The van der Waals surface area contributed by atoms with Gasteiger partial charge in [-0.2, -0.15) is 0 Å². The zero-order chi connectivity index (χ0) is 15.7. The van der Waals surface area contributed by atoms with Crippen LogP contribution >= 0.6 is 12.4 Å². The molecule has 1 aromatic rings. The smallest absolute Gasteiger partial charge is 0.240 e. The molecule has 8 heteroatoms. The molecular weight excluding hydrogens is 338 g/mol. The minimum atomic E-state index is -3.50. The maximum atomic E-state index is 12.4. The second-order valence-corrected chi connectivity index (χ2v) is 7.62. The van der Waals surface area contributed by atoms with Crippen LogP contribution in [0.25, 0.3) is 0 Å².